The molecular formula is C8H15NO. The van der Waals surface area contributed by atoms with Crippen LogP contribution in [0, 0.1) is 0 Å². The number of hydrogen-bond donors (Lipinski definition) is 0. The molecule has 0 unspecified atom stereocenters. The molecule has 0 aliphatic heterocycles. The van der Waals surface area contributed by atoms with Crippen molar-refractivity contribution in [3.63, 3.8) is 0 Å². The summed E-state index contributed by atoms with van der Waals surface area (Å²) in [4.78, 5) is 12.5. The molecule has 0 aliphatic rings. The van der Waals surface area contributed by atoms with Crippen LogP contribution >= 0.6 is 0 Å². The fraction of sp³-hybridized carbons (Fsp3) is 0.625. The van der Waals surface area contributed by atoms with Crippen molar-refractivity contribution in [3.05, 3.63) is 12.2 Å². The highest BCUT2D eigenvalue weighted by Gasteiger charge is 1.97. The molecule has 0 rings (SSSR count). The van der Waals surface area contributed by atoms with Gasteiger partial charge in [-0.1, -0.05) is 19.1 Å². The second kappa shape index (κ2) is 5.03. The Balaban J connectivity index is 3.49. The summed E-state index contributed by atoms with van der Waals surface area (Å²) in [6.45, 7) is 2.05. The van der Waals surface area contributed by atoms with Crippen LogP contribution in [-0.2, 0) is 4.79 Å². The number of carbonyl (C=O) groups is 1. The highest BCUT2D eigenvalue weighted by molar-refractivity contribution is 5.76. The zero-order chi connectivity index (χ0) is 7.98. The van der Waals surface area contributed by atoms with Gasteiger partial charge in [0.05, 0.1) is 0 Å². The maximum absolute atomic E-state index is 10.9. The highest BCUT2D eigenvalue weighted by atomic mass is 16.2. The van der Waals surface area contributed by atoms with Gasteiger partial charge in [0, 0.05) is 20.5 Å². The molecule has 0 atom stereocenters. The van der Waals surface area contributed by atoms with E-state index >= 15 is 0 Å². The van der Waals surface area contributed by atoms with Crippen molar-refractivity contribution >= 4 is 5.91 Å². The molecule has 0 fully saturated rings. The first-order valence-electron chi connectivity index (χ1n) is 3.53. The van der Waals surface area contributed by atoms with Gasteiger partial charge in [-0.25, -0.2) is 0 Å². The van der Waals surface area contributed by atoms with Crippen LogP contribution in [0.4, 0.5) is 0 Å². The van der Waals surface area contributed by atoms with Crippen LogP contribution in [0.2, 0.25) is 0 Å². The van der Waals surface area contributed by atoms with Crippen LogP contribution in [0.25, 0.3) is 0 Å². The second-order valence-electron chi connectivity index (χ2n) is 2.37. The molecule has 0 heterocycles. The SMILES string of the molecule is CC/C=C\CC(=O)N(C)C. The fourth-order valence-corrected chi connectivity index (χ4v) is 0.533. The van der Waals surface area contributed by atoms with Crippen molar-refractivity contribution in [3.8, 4) is 0 Å². The lowest BCUT2D eigenvalue weighted by Gasteiger charge is -2.06. The van der Waals surface area contributed by atoms with Crippen LogP contribution in [0.1, 0.15) is 19.8 Å². The van der Waals surface area contributed by atoms with Gasteiger partial charge >= 0.3 is 0 Å². The largest absolute Gasteiger partial charge is 0.349 e. The van der Waals surface area contributed by atoms with Gasteiger partial charge in [0.2, 0.25) is 5.91 Å². The van der Waals surface area contributed by atoms with E-state index in [9.17, 15) is 4.79 Å². The van der Waals surface area contributed by atoms with E-state index in [1.165, 1.54) is 0 Å². The predicted molar refractivity (Wildman–Crippen MR) is 42.7 cm³/mol. The van der Waals surface area contributed by atoms with Gasteiger partial charge in [-0.15, -0.1) is 0 Å². The molecule has 10 heavy (non-hydrogen) atoms. The van der Waals surface area contributed by atoms with Gasteiger partial charge in [0.1, 0.15) is 0 Å². The van der Waals surface area contributed by atoms with Gasteiger partial charge in [0.15, 0.2) is 0 Å². The van der Waals surface area contributed by atoms with Crippen molar-refractivity contribution in [1.29, 1.82) is 0 Å². The lowest BCUT2D eigenvalue weighted by molar-refractivity contribution is -0.127. The van der Waals surface area contributed by atoms with E-state index in [-0.39, 0.29) is 5.91 Å². The number of rotatable bonds is 3. The molecule has 0 saturated heterocycles. The molecule has 0 spiro atoms. The number of hydrogen-bond acceptors (Lipinski definition) is 1. The monoisotopic (exact) mass is 141 g/mol. The molecule has 58 valence electrons. The first kappa shape index (κ1) is 9.21. The minimum atomic E-state index is 0.157. The van der Waals surface area contributed by atoms with Crippen LogP contribution in [0.15, 0.2) is 12.2 Å². The quantitative estimate of drug-likeness (QED) is 0.544. The van der Waals surface area contributed by atoms with E-state index in [1.807, 2.05) is 12.2 Å². The molecule has 0 saturated carbocycles. The van der Waals surface area contributed by atoms with Crippen molar-refractivity contribution in [2.75, 3.05) is 14.1 Å². The summed E-state index contributed by atoms with van der Waals surface area (Å²) < 4.78 is 0. The summed E-state index contributed by atoms with van der Waals surface area (Å²) in [7, 11) is 3.53. The first-order chi connectivity index (χ1) is 4.68. The Hall–Kier alpha value is -0.790. The first-order valence-corrected chi connectivity index (χ1v) is 3.53. The lowest BCUT2D eigenvalue weighted by atomic mass is 10.3. The number of nitrogens with zero attached hydrogens (tertiary/aromatic N) is 1. The molecule has 0 aliphatic carbocycles. The van der Waals surface area contributed by atoms with Crippen molar-refractivity contribution < 1.29 is 4.79 Å². The zero-order valence-corrected chi connectivity index (χ0v) is 6.92. The predicted octanol–water partition coefficient (Wildman–Crippen LogP) is 1.43. The van der Waals surface area contributed by atoms with E-state index in [0.29, 0.717) is 6.42 Å². The Morgan fingerprint density at radius 2 is 2.00 bits per heavy atom. The summed E-state index contributed by atoms with van der Waals surface area (Å²) in [6, 6.07) is 0. The lowest BCUT2D eigenvalue weighted by Crippen LogP contribution is -2.20. The van der Waals surface area contributed by atoms with Gasteiger partial charge in [-0.05, 0) is 6.42 Å². The maximum atomic E-state index is 10.9. The Bertz CT molecular complexity index is 127. The average Bonchev–Trinajstić information content (AvgIpc) is 1.88. The third-order valence-electron chi connectivity index (χ3n) is 1.19. The molecule has 2 heteroatoms. The standard InChI is InChI=1S/C8H15NO/c1-4-5-6-7-8(10)9(2)3/h5-6H,4,7H2,1-3H3/b6-5-. The minimum Gasteiger partial charge on any atom is -0.349 e. The van der Waals surface area contributed by atoms with E-state index in [1.54, 1.807) is 19.0 Å². The molecule has 0 radical (unpaired) electrons. The smallest absolute Gasteiger partial charge is 0.225 e. The summed E-state index contributed by atoms with van der Waals surface area (Å²) in [5, 5.41) is 0. The van der Waals surface area contributed by atoms with Gasteiger partial charge in [-0.3, -0.25) is 4.79 Å². The van der Waals surface area contributed by atoms with Crippen molar-refractivity contribution in [1.82, 2.24) is 4.90 Å². The van der Waals surface area contributed by atoms with Crippen molar-refractivity contribution in [2.45, 2.75) is 19.8 Å². The molecule has 0 aromatic carbocycles. The zero-order valence-electron chi connectivity index (χ0n) is 6.92. The molecule has 0 bridgehead atoms. The molecule has 0 aromatic heterocycles. The van der Waals surface area contributed by atoms with E-state index in [0.717, 1.165) is 6.42 Å². The van der Waals surface area contributed by atoms with Gasteiger partial charge in [-0.2, -0.15) is 0 Å². The van der Waals surface area contributed by atoms with E-state index in [2.05, 4.69) is 6.92 Å². The molecule has 0 N–H and O–H groups in total. The molecular weight excluding hydrogens is 126 g/mol. The Kier molecular flexibility index (Phi) is 4.63. The molecule has 2 nitrogen and oxygen atoms in total. The minimum absolute atomic E-state index is 0.157. The topological polar surface area (TPSA) is 20.3 Å². The molecule has 1 amide bonds. The maximum Gasteiger partial charge on any atom is 0.225 e. The fourth-order valence-electron chi connectivity index (χ4n) is 0.533. The number of amides is 1. The number of carbonyl (C=O) groups excluding carboxylic acids is 1. The van der Waals surface area contributed by atoms with Crippen LogP contribution in [-0.4, -0.2) is 24.9 Å². The summed E-state index contributed by atoms with van der Waals surface area (Å²) in [6.07, 6.45) is 5.44. The van der Waals surface area contributed by atoms with E-state index < -0.39 is 0 Å². The molecule has 0 aromatic rings. The highest BCUT2D eigenvalue weighted by Crippen LogP contribution is 1.90. The third kappa shape index (κ3) is 4.13. The summed E-state index contributed by atoms with van der Waals surface area (Å²) in [5.74, 6) is 0.157. The van der Waals surface area contributed by atoms with Crippen LogP contribution in [0.3, 0.4) is 0 Å². The summed E-state index contributed by atoms with van der Waals surface area (Å²) in [5.41, 5.74) is 0. The second-order valence-corrected chi connectivity index (χ2v) is 2.37. The van der Waals surface area contributed by atoms with Gasteiger partial charge in [0.25, 0.3) is 0 Å². The van der Waals surface area contributed by atoms with Crippen LogP contribution in [0.5, 0.6) is 0 Å². The Morgan fingerprint density at radius 3 is 2.40 bits per heavy atom. The van der Waals surface area contributed by atoms with E-state index in [4.69, 9.17) is 0 Å². The number of allylic oxidation sites excluding steroid dienone is 1. The third-order valence-corrected chi connectivity index (χ3v) is 1.19. The van der Waals surface area contributed by atoms with Gasteiger partial charge < -0.3 is 4.90 Å². The Morgan fingerprint density at radius 1 is 1.40 bits per heavy atom. The Labute approximate surface area is 62.5 Å². The average molecular weight is 141 g/mol. The van der Waals surface area contributed by atoms with Crippen molar-refractivity contribution in [2.24, 2.45) is 0 Å². The normalized spacial score (nSPS) is 10.3. The summed E-state index contributed by atoms with van der Waals surface area (Å²) >= 11 is 0. The van der Waals surface area contributed by atoms with Crippen LogP contribution < -0.4 is 0 Å².